The number of hydrogen-bond acceptors (Lipinski definition) is 2. The molecule has 3 fully saturated rings. The van der Waals surface area contributed by atoms with Gasteiger partial charge in [-0.25, -0.2) is 0 Å². The molecule has 0 aliphatic heterocycles. The Balaban J connectivity index is 1.68. The molecular formula is C21H28O2. The lowest BCUT2D eigenvalue weighted by molar-refractivity contribution is -0.117. The summed E-state index contributed by atoms with van der Waals surface area (Å²) >= 11 is 0. The van der Waals surface area contributed by atoms with Gasteiger partial charge in [-0.05, 0) is 85.7 Å². The van der Waals surface area contributed by atoms with Gasteiger partial charge in [0.2, 0.25) is 0 Å². The Morgan fingerprint density at radius 1 is 1.00 bits per heavy atom. The number of rotatable bonds is 1. The van der Waals surface area contributed by atoms with Crippen molar-refractivity contribution >= 4 is 12.1 Å². The zero-order valence-corrected chi connectivity index (χ0v) is 14.4. The van der Waals surface area contributed by atoms with E-state index >= 15 is 0 Å². The van der Waals surface area contributed by atoms with Crippen LogP contribution in [-0.2, 0) is 9.59 Å². The first kappa shape index (κ1) is 15.4. The van der Waals surface area contributed by atoms with Gasteiger partial charge in [-0.1, -0.05) is 25.0 Å². The molecule has 124 valence electrons. The van der Waals surface area contributed by atoms with Crippen molar-refractivity contribution in [2.75, 3.05) is 0 Å². The van der Waals surface area contributed by atoms with Crippen molar-refractivity contribution in [3.63, 3.8) is 0 Å². The Morgan fingerprint density at radius 3 is 2.57 bits per heavy atom. The van der Waals surface area contributed by atoms with Crippen molar-refractivity contribution in [2.24, 2.45) is 28.6 Å². The van der Waals surface area contributed by atoms with Gasteiger partial charge in [0, 0.05) is 6.42 Å². The topological polar surface area (TPSA) is 34.1 Å². The number of hydrogen-bond donors (Lipinski definition) is 0. The molecule has 3 saturated carbocycles. The fourth-order valence-corrected chi connectivity index (χ4v) is 6.76. The molecule has 2 heteroatoms. The molecule has 0 amide bonds. The summed E-state index contributed by atoms with van der Waals surface area (Å²) in [4.78, 5) is 22.9. The summed E-state index contributed by atoms with van der Waals surface area (Å²) < 4.78 is 0. The molecule has 0 saturated heterocycles. The van der Waals surface area contributed by atoms with Crippen molar-refractivity contribution in [1.29, 1.82) is 0 Å². The molecule has 0 bridgehead atoms. The predicted octanol–water partition coefficient (Wildman–Crippen LogP) is 4.64. The van der Waals surface area contributed by atoms with Crippen molar-refractivity contribution in [3.8, 4) is 0 Å². The first-order valence-electron chi connectivity index (χ1n) is 9.38. The van der Waals surface area contributed by atoms with Crippen LogP contribution in [0.25, 0.3) is 0 Å². The van der Waals surface area contributed by atoms with E-state index in [1.54, 1.807) is 0 Å². The zero-order chi connectivity index (χ0) is 16.2. The summed E-state index contributed by atoms with van der Waals surface area (Å²) in [7, 11) is 0. The van der Waals surface area contributed by atoms with Crippen molar-refractivity contribution in [3.05, 3.63) is 23.3 Å². The maximum Gasteiger partial charge on any atom is 0.155 e. The molecule has 4 rings (SSSR count). The molecular weight excluding hydrogens is 284 g/mol. The predicted molar refractivity (Wildman–Crippen MR) is 90.9 cm³/mol. The minimum atomic E-state index is 0.254. The molecule has 5 atom stereocenters. The highest BCUT2D eigenvalue weighted by Crippen LogP contribution is 2.66. The molecule has 4 aliphatic carbocycles. The van der Waals surface area contributed by atoms with Crippen LogP contribution in [0, 0.1) is 28.6 Å². The minimum absolute atomic E-state index is 0.254. The van der Waals surface area contributed by atoms with Crippen LogP contribution in [0.15, 0.2) is 23.3 Å². The molecule has 2 nitrogen and oxygen atoms in total. The normalized spacial score (nSPS) is 47.6. The van der Waals surface area contributed by atoms with Crippen molar-refractivity contribution < 1.29 is 9.59 Å². The Morgan fingerprint density at radius 2 is 1.78 bits per heavy atom. The molecule has 0 unspecified atom stereocenters. The number of fused-ring (bicyclic) bond motifs is 5. The van der Waals surface area contributed by atoms with E-state index in [2.05, 4.69) is 13.8 Å². The lowest BCUT2D eigenvalue weighted by Gasteiger charge is -2.57. The second-order valence-corrected chi connectivity index (χ2v) is 8.79. The SMILES string of the molecule is C[C@]12CCC(=O)C=C1CC[C@@H]1[C@@H]2CC[C@]2(C)/C(=C/C=O)CC[C@@H]12. The van der Waals surface area contributed by atoms with Gasteiger partial charge >= 0.3 is 0 Å². The Bertz CT molecular complexity index is 613. The number of carbonyl (C=O) groups is 2. The third-order valence-corrected chi connectivity index (χ3v) is 8.08. The van der Waals surface area contributed by atoms with Crippen molar-refractivity contribution in [2.45, 2.75) is 65.2 Å². The summed E-state index contributed by atoms with van der Waals surface area (Å²) in [5.41, 5.74) is 3.36. The Kier molecular flexibility index (Phi) is 3.44. The number of carbonyl (C=O) groups excluding carboxylic acids is 2. The van der Waals surface area contributed by atoms with E-state index < -0.39 is 0 Å². The average Bonchev–Trinajstić information content (AvgIpc) is 2.85. The second-order valence-electron chi connectivity index (χ2n) is 8.79. The van der Waals surface area contributed by atoms with Gasteiger partial charge in [-0.15, -0.1) is 0 Å². The van der Waals surface area contributed by atoms with E-state index in [0.717, 1.165) is 49.7 Å². The van der Waals surface area contributed by atoms with Gasteiger partial charge in [0.15, 0.2) is 5.78 Å². The van der Waals surface area contributed by atoms with Gasteiger partial charge in [0.25, 0.3) is 0 Å². The molecule has 0 N–H and O–H groups in total. The average molecular weight is 312 g/mol. The lowest BCUT2D eigenvalue weighted by atomic mass is 9.47. The van der Waals surface area contributed by atoms with Crippen LogP contribution in [0.3, 0.4) is 0 Å². The third kappa shape index (κ3) is 2.06. The van der Waals surface area contributed by atoms with Gasteiger partial charge in [0.05, 0.1) is 0 Å². The quantitative estimate of drug-likeness (QED) is 0.522. The lowest BCUT2D eigenvalue weighted by Crippen LogP contribution is -2.49. The Hall–Kier alpha value is -1.18. The summed E-state index contributed by atoms with van der Waals surface area (Å²) in [5.74, 6) is 2.60. The smallest absolute Gasteiger partial charge is 0.155 e. The third-order valence-electron chi connectivity index (χ3n) is 8.08. The Labute approximate surface area is 139 Å². The van der Waals surface area contributed by atoms with Gasteiger partial charge in [-0.2, -0.15) is 0 Å². The maximum absolute atomic E-state index is 11.9. The zero-order valence-electron chi connectivity index (χ0n) is 14.4. The fraction of sp³-hybridized carbons (Fsp3) is 0.714. The molecule has 23 heavy (non-hydrogen) atoms. The second kappa shape index (κ2) is 5.16. The largest absolute Gasteiger partial charge is 0.299 e. The van der Waals surface area contributed by atoms with Crippen molar-refractivity contribution in [1.82, 2.24) is 0 Å². The summed E-state index contributed by atoms with van der Waals surface area (Å²) in [6, 6.07) is 0. The highest BCUT2D eigenvalue weighted by Gasteiger charge is 2.57. The van der Waals surface area contributed by atoms with Gasteiger partial charge < -0.3 is 0 Å². The summed E-state index contributed by atoms with van der Waals surface area (Å²) in [6.45, 7) is 4.84. The number of ketones is 1. The standard InChI is InChI=1S/C21H28O2/c1-20-11-8-19-17(18(20)6-4-14(20)9-12-22)5-3-15-13-16(23)7-10-21(15,19)2/h9,12-13,17-19H,3-8,10-11H2,1-2H3/b14-9+/t17-,18-,19-,20+,21-/m0/s1. The van der Waals surface area contributed by atoms with E-state index in [1.165, 1.54) is 36.8 Å². The van der Waals surface area contributed by atoms with E-state index in [0.29, 0.717) is 5.78 Å². The first-order chi connectivity index (χ1) is 11.0. The molecule has 0 spiro atoms. The molecule has 0 aromatic carbocycles. The maximum atomic E-state index is 11.9. The number of aldehydes is 1. The van der Waals surface area contributed by atoms with Gasteiger partial charge in [-0.3, -0.25) is 9.59 Å². The summed E-state index contributed by atoms with van der Waals surface area (Å²) in [6.07, 6.45) is 13.8. The first-order valence-corrected chi connectivity index (χ1v) is 9.38. The van der Waals surface area contributed by atoms with Crippen LogP contribution in [0.1, 0.15) is 65.2 Å². The van der Waals surface area contributed by atoms with Crippen LogP contribution < -0.4 is 0 Å². The molecule has 4 aliphatic rings. The van der Waals surface area contributed by atoms with Crippen LogP contribution >= 0.6 is 0 Å². The molecule has 0 aromatic heterocycles. The van der Waals surface area contributed by atoms with E-state index in [-0.39, 0.29) is 10.8 Å². The fourth-order valence-electron chi connectivity index (χ4n) is 6.76. The highest BCUT2D eigenvalue weighted by atomic mass is 16.1. The molecule has 0 heterocycles. The van der Waals surface area contributed by atoms with Crippen LogP contribution in [0.4, 0.5) is 0 Å². The van der Waals surface area contributed by atoms with Crippen LogP contribution in [0.5, 0.6) is 0 Å². The summed E-state index contributed by atoms with van der Waals surface area (Å²) in [5, 5.41) is 0. The van der Waals surface area contributed by atoms with Gasteiger partial charge in [0.1, 0.15) is 6.29 Å². The highest BCUT2D eigenvalue weighted by molar-refractivity contribution is 5.91. The monoisotopic (exact) mass is 312 g/mol. The van der Waals surface area contributed by atoms with E-state index in [9.17, 15) is 9.59 Å². The van der Waals surface area contributed by atoms with E-state index in [1.807, 2.05) is 12.2 Å². The molecule has 0 radical (unpaired) electrons. The molecule has 0 aromatic rings. The minimum Gasteiger partial charge on any atom is -0.299 e. The van der Waals surface area contributed by atoms with Crippen LogP contribution in [0.2, 0.25) is 0 Å². The van der Waals surface area contributed by atoms with Crippen LogP contribution in [-0.4, -0.2) is 12.1 Å². The van der Waals surface area contributed by atoms with E-state index in [4.69, 9.17) is 0 Å². The number of allylic oxidation sites excluding steroid dienone is 3.